The third kappa shape index (κ3) is 3.35. The van der Waals surface area contributed by atoms with E-state index >= 15 is 0 Å². The molecule has 0 saturated carbocycles. The smallest absolute Gasteiger partial charge is 0.264 e. The van der Waals surface area contributed by atoms with Crippen molar-refractivity contribution in [2.75, 3.05) is 4.90 Å². The standard InChI is InChI=1S/C21H15Cl2NO3S/c22-14-7-5-13(6-8-14)12-24-16-4-2-1-3-15(16)21(27,20(24)26)11-17(25)18-9-10-19(23)28-18/h1-10,27H,11-12H2/t21-/m0/s1. The summed E-state index contributed by atoms with van der Waals surface area (Å²) in [6.07, 6.45) is -0.337. The number of aliphatic hydroxyl groups is 1. The summed E-state index contributed by atoms with van der Waals surface area (Å²) in [6, 6.07) is 17.4. The summed E-state index contributed by atoms with van der Waals surface area (Å²) in [4.78, 5) is 27.8. The number of para-hydroxylation sites is 1. The van der Waals surface area contributed by atoms with Gasteiger partial charge in [0, 0.05) is 10.6 Å². The molecular weight excluding hydrogens is 417 g/mol. The van der Waals surface area contributed by atoms with Crippen LogP contribution in [0.4, 0.5) is 5.69 Å². The van der Waals surface area contributed by atoms with Gasteiger partial charge in [-0.2, -0.15) is 0 Å². The first kappa shape index (κ1) is 19.2. The lowest BCUT2D eigenvalue weighted by Gasteiger charge is -2.22. The number of anilines is 1. The first-order chi connectivity index (χ1) is 13.4. The van der Waals surface area contributed by atoms with E-state index in [9.17, 15) is 14.7 Å². The highest BCUT2D eigenvalue weighted by atomic mass is 35.5. The SMILES string of the molecule is O=C(C[C@@]1(O)C(=O)N(Cc2ccc(Cl)cc2)c2ccccc21)c1ccc(Cl)s1. The molecule has 4 rings (SSSR count). The monoisotopic (exact) mass is 431 g/mol. The molecule has 1 amide bonds. The Morgan fingerprint density at radius 2 is 1.75 bits per heavy atom. The number of Topliss-reactive ketones (excluding diaryl/α,β-unsaturated/α-hetero) is 1. The normalized spacial score (nSPS) is 18.4. The molecular formula is C21H15Cl2NO3S. The molecule has 142 valence electrons. The van der Waals surface area contributed by atoms with Crippen molar-refractivity contribution in [1.82, 2.24) is 0 Å². The molecule has 0 spiro atoms. The number of halogens is 2. The average molecular weight is 432 g/mol. The molecule has 1 aromatic heterocycles. The summed E-state index contributed by atoms with van der Waals surface area (Å²) in [7, 11) is 0. The van der Waals surface area contributed by atoms with Crippen LogP contribution in [0, 0.1) is 0 Å². The van der Waals surface area contributed by atoms with E-state index in [1.54, 1.807) is 48.5 Å². The number of hydrogen-bond acceptors (Lipinski definition) is 4. The Hall–Kier alpha value is -2.18. The van der Waals surface area contributed by atoms with E-state index in [0.717, 1.165) is 16.9 Å². The van der Waals surface area contributed by atoms with Gasteiger partial charge in [-0.15, -0.1) is 11.3 Å². The van der Waals surface area contributed by atoms with E-state index in [2.05, 4.69) is 0 Å². The van der Waals surface area contributed by atoms with E-state index in [0.29, 0.717) is 25.5 Å². The molecule has 4 nitrogen and oxygen atoms in total. The summed E-state index contributed by atoms with van der Waals surface area (Å²) in [5.74, 6) is -0.837. The number of carbonyl (C=O) groups is 2. The molecule has 0 radical (unpaired) electrons. The number of fused-ring (bicyclic) bond motifs is 1. The molecule has 1 atom stereocenters. The zero-order chi connectivity index (χ0) is 19.9. The summed E-state index contributed by atoms with van der Waals surface area (Å²) in [5.41, 5.74) is -0.00331. The van der Waals surface area contributed by atoms with E-state index in [4.69, 9.17) is 23.2 Å². The minimum atomic E-state index is -1.91. The molecule has 0 saturated heterocycles. The van der Waals surface area contributed by atoms with Gasteiger partial charge in [0.2, 0.25) is 0 Å². The Morgan fingerprint density at radius 3 is 2.43 bits per heavy atom. The lowest BCUT2D eigenvalue weighted by Crippen LogP contribution is -2.41. The second kappa shape index (κ2) is 7.33. The van der Waals surface area contributed by atoms with Crippen LogP contribution in [-0.2, 0) is 16.9 Å². The Bertz CT molecular complexity index is 1060. The van der Waals surface area contributed by atoms with Crippen LogP contribution in [0.25, 0.3) is 0 Å². The van der Waals surface area contributed by atoms with Crippen molar-refractivity contribution in [1.29, 1.82) is 0 Å². The van der Waals surface area contributed by atoms with Gasteiger partial charge in [-0.3, -0.25) is 9.59 Å². The zero-order valence-corrected chi connectivity index (χ0v) is 16.9. The highest BCUT2D eigenvalue weighted by Gasteiger charge is 2.50. The predicted octanol–water partition coefficient (Wildman–Crippen LogP) is 5.06. The topological polar surface area (TPSA) is 57.6 Å². The fraction of sp³-hybridized carbons (Fsp3) is 0.143. The predicted molar refractivity (Wildman–Crippen MR) is 111 cm³/mol. The molecule has 0 fully saturated rings. The molecule has 2 aromatic carbocycles. The minimum absolute atomic E-state index is 0.272. The van der Waals surface area contributed by atoms with Crippen molar-refractivity contribution in [3.63, 3.8) is 0 Å². The number of benzene rings is 2. The zero-order valence-electron chi connectivity index (χ0n) is 14.6. The Balaban J connectivity index is 1.67. The van der Waals surface area contributed by atoms with Crippen LogP contribution in [0.2, 0.25) is 9.36 Å². The van der Waals surface area contributed by atoms with Gasteiger partial charge in [0.15, 0.2) is 11.4 Å². The highest BCUT2D eigenvalue weighted by Crippen LogP contribution is 2.44. The van der Waals surface area contributed by atoms with Crippen LogP contribution in [0.3, 0.4) is 0 Å². The average Bonchev–Trinajstić information content (AvgIpc) is 3.20. The number of carbonyl (C=O) groups excluding carboxylic acids is 2. The van der Waals surface area contributed by atoms with Crippen molar-refractivity contribution < 1.29 is 14.7 Å². The molecule has 1 N–H and O–H groups in total. The van der Waals surface area contributed by atoms with Gasteiger partial charge in [0.25, 0.3) is 5.91 Å². The van der Waals surface area contributed by atoms with E-state index in [1.165, 1.54) is 4.90 Å². The third-order valence-electron chi connectivity index (χ3n) is 4.76. The lowest BCUT2D eigenvalue weighted by molar-refractivity contribution is -0.136. The third-order valence-corrected chi connectivity index (χ3v) is 6.28. The van der Waals surface area contributed by atoms with Gasteiger partial charge in [-0.1, -0.05) is 53.5 Å². The molecule has 7 heteroatoms. The maximum Gasteiger partial charge on any atom is 0.264 e. The second-order valence-corrected chi connectivity index (χ2v) is 8.75. The van der Waals surface area contributed by atoms with Crippen LogP contribution >= 0.6 is 34.5 Å². The van der Waals surface area contributed by atoms with Crippen molar-refractivity contribution in [2.45, 2.75) is 18.6 Å². The Labute approximate surface area is 175 Å². The fourth-order valence-corrected chi connectivity index (χ4v) is 4.50. The summed E-state index contributed by atoms with van der Waals surface area (Å²) < 4.78 is 0.484. The summed E-state index contributed by atoms with van der Waals surface area (Å²) in [6.45, 7) is 0.272. The van der Waals surface area contributed by atoms with Gasteiger partial charge in [0.1, 0.15) is 0 Å². The molecule has 3 aromatic rings. The van der Waals surface area contributed by atoms with Crippen LogP contribution in [0.15, 0.2) is 60.7 Å². The number of rotatable bonds is 5. The summed E-state index contributed by atoms with van der Waals surface area (Å²) in [5, 5.41) is 11.9. The van der Waals surface area contributed by atoms with Crippen molar-refractivity contribution in [2.24, 2.45) is 0 Å². The molecule has 0 unspecified atom stereocenters. The van der Waals surface area contributed by atoms with Crippen molar-refractivity contribution >= 4 is 51.9 Å². The van der Waals surface area contributed by atoms with Crippen LogP contribution in [0.1, 0.15) is 27.2 Å². The van der Waals surface area contributed by atoms with Gasteiger partial charge in [0.05, 0.1) is 27.9 Å². The Kier molecular flexibility index (Phi) is 5.02. The van der Waals surface area contributed by atoms with E-state index in [-0.39, 0.29) is 18.7 Å². The first-order valence-corrected chi connectivity index (χ1v) is 10.1. The second-order valence-electron chi connectivity index (χ2n) is 6.60. The Morgan fingerprint density at radius 1 is 1.04 bits per heavy atom. The summed E-state index contributed by atoms with van der Waals surface area (Å²) >= 11 is 13.0. The highest BCUT2D eigenvalue weighted by molar-refractivity contribution is 7.18. The largest absolute Gasteiger partial charge is 0.375 e. The van der Waals surface area contributed by atoms with Crippen LogP contribution in [0.5, 0.6) is 0 Å². The molecule has 0 aliphatic carbocycles. The molecule has 2 heterocycles. The van der Waals surface area contributed by atoms with Gasteiger partial charge >= 0.3 is 0 Å². The number of nitrogens with zero attached hydrogens (tertiary/aromatic N) is 1. The molecule has 1 aliphatic rings. The first-order valence-electron chi connectivity index (χ1n) is 8.55. The van der Waals surface area contributed by atoms with Crippen LogP contribution < -0.4 is 4.90 Å². The van der Waals surface area contributed by atoms with Crippen molar-refractivity contribution in [3.8, 4) is 0 Å². The van der Waals surface area contributed by atoms with Gasteiger partial charge in [-0.05, 0) is 35.9 Å². The molecule has 28 heavy (non-hydrogen) atoms. The number of amides is 1. The maximum absolute atomic E-state index is 13.2. The quantitative estimate of drug-likeness (QED) is 0.574. The van der Waals surface area contributed by atoms with E-state index < -0.39 is 11.5 Å². The van der Waals surface area contributed by atoms with Gasteiger partial charge < -0.3 is 10.0 Å². The van der Waals surface area contributed by atoms with Crippen molar-refractivity contribution in [3.05, 3.63) is 86.0 Å². The van der Waals surface area contributed by atoms with E-state index in [1.807, 2.05) is 12.1 Å². The van der Waals surface area contributed by atoms with Crippen LogP contribution in [-0.4, -0.2) is 16.8 Å². The molecule has 1 aliphatic heterocycles. The van der Waals surface area contributed by atoms with Gasteiger partial charge in [-0.25, -0.2) is 0 Å². The number of thiophene rings is 1. The lowest BCUT2D eigenvalue weighted by atomic mass is 9.89. The maximum atomic E-state index is 13.2. The number of ketones is 1. The minimum Gasteiger partial charge on any atom is -0.375 e. The fourth-order valence-electron chi connectivity index (χ4n) is 3.39. The molecule has 0 bridgehead atoms. The number of hydrogen-bond donors (Lipinski definition) is 1.